The highest BCUT2D eigenvalue weighted by atomic mass is 79.9. The molecule has 3 rings (SSSR count). The number of nitrogens with one attached hydrogen (secondary N) is 1. The Hall–Kier alpha value is -1.61. The molecule has 0 aromatic carbocycles. The lowest BCUT2D eigenvalue weighted by molar-refractivity contribution is 0.0921. The first-order chi connectivity index (χ1) is 11.6. The number of nitrogens with zero attached hydrogens (tertiary/aromatic N) is 5. The molecule has 0 aliphatic carbocycles. The molecule has 24 heavy (non-hydrogen) atoms. The summed E-state index contributed by atoms with van der Waals surface area (Å²) in [6, 6.07) is 1.90. The highest BCUT2D eigenvalue weighted by Crippen LogP contribution is 2.27. The van der Waals surface area contributed by atoms with Crippen LogP contribution in [0.1, 0.15) is 23.3 Å². The molecular formula is C15H19BrN6OS. The molecule has 0 atom stereocenters. The number of thioether (sulfide) groups is 1. The van der Waals surface area contributed by atoms with E-state index in [0.29, 0.717) is 5.69 Å². The smallest absolute Gasteiger partial charge is 0.269 e. The van der Waals surface area contributed by atoms with Crippen LogP contribution >= 0.6 is 27.7 Å². The molecule has 128 valence electrons. The van der Waals surface area contributed by atoms with Crippen LogP contribution in [0.25, 0.3) is 0 Å². The van der Waals surface area contributed by atoms with Crippen LogP contribution in [0, 0.1) is 0 Å². The summed E-state index contributed by atoms with van der Waals surface area (Å²) < 4.78 is 2.49. The third kappa shape index (κ3) is 3.72. The zero-order valence-corrected chi connectivity index (χ0v) is 16.0. The van der Waals surface area contributed by atoms with Crippen molar-refractivity contribution in [2.24, 2.45) is 7.05 Å². The fraction of sp³-hybridized carbons (Fsp3) is 0.467. The van der Waals surface area contributed by atoms with Crippen LogP contribution in [0.5, 0.6) is 0 Å². The summed E-state index contributed by atoms with van der Waals surface area (Å²) >= 11 is 5.06. The topological polar surface area (TPSA) is 75.9 Å². The molecule has 1 amide bonds. The molecule has 0 radical (unpaired) electrons. The van der Waals surface area contributed by atoms with Crippen molar-refractivity contribution in [3.63, 3.8) is 0 Å². The van der Waals surface area contributed by atoms with E-state index < -0.39 is 0 Å². The van der Waals surface area contributed by atoms with Crippen molar-refractivity contribution in [3.05, 3.63) is 28.6 Å². The number of piperidine rings is 1. The number of aromatic nitrogens is 4. The first kappa shape index (κ1) is 17.2. The second-order valence-corrected chi connectivity index (χ2v) is 7.23. The van der Waals surface area contributed by atoms with E-state index in [1.807, 2.05) is 6.26 Å². The van der Waals surface area contributed by atoms with Gasteiger partial charge in [0, 0.05) is 38.6 Å². The van der Waals surface area contributed by atoms with E-state index in [0.717, 1.165) is 41.4 Å². The van der Waals surface area contributed by atoms with Crippen molar-refractivity contribution < 1.29 is 4.79 Å². The number of carbonyl (C=O) groups excluding carboxylic acids is 1. The average molecular weight is 411 g/mol. The van der Waals surface area contributed by atoms with Crippen LogP contribution in [0.2, 0.25) is 0 Å². The minimum atomic E-state index is -0.0682. The maximum atomic E-state index is 12.3. The molecule has 0 unspecified atom stereocenters. The molecule has 9 heteroatoms. The van der Waals surface area contributed by atoms with E-state index in [-0.39, 0.29) is 11.9 Å². The van der Waals surface area contributed by atoms with E-state index >= 15 is 0 Å². The average Bonchev–Trinajstić information content (AvgIpc) is 3.02. The second-order valence-electron chi connectivity index (χ2n) is 5.60. The largest absolute Gasteiger partial charge is 0.355 e. The summed E-state index contributed by atoms with van der Waals surface area (Å²) in [5, 5.41) is 7.89. The van der Waals surface area contributed by atoms with Crippen molar-refractivity contribution in [2.75, 3.05) is 24.2 Å². The van der Waals surface area contributed by atoms with Gasteiger partial charge in [-0.1, -0.05) is 11.8 Å². The molecule has 2 aromatic rings. The van der Waals surface area contributed by atoms with Gasteiger partial charge in [0.2, 0.25) is 0 Å². The van der Waals surface area contributed by atoms with Gasteiger partial charge in [-0.2, -0.15) is 5.10 Å². The summed E-state index contributed by atoms with van der Waals surface area (Å²) in [4.78, 5) is 23.3. The van der Waals surface area contributed by atoms with E-state index in [1.165, 1.54) is 11.8 Å². The maximum Gasteiger partial charge on any atom is 0.269 e. The zero-order valence-electron chi connectivity index (χ0n) is 13.6. The Morgan fingerprint density at radius 3 is 2.79 bits per heavy atom. The zero-order chi connectivity index (χ0) is 17.1. The van der Waals surface area contributed by atoms with Crippen LogP contribution in [0.3, 0.4) is 0 Å². The third-order valence-electron chi connectivity index (χ3n) is 4.07. The predicted octanol–water partition coefficient (Wildman–Crippen LogP) is 2.09. The predicted molar refractivity (Wildman–Crippen MR) is 97.4 cm³/mol. The number of carbonyl (C=O) groups is 1. The monoisotopic (exact) mass is 410 g/mol. The molecule has 3 heterocycles. The number of rotatable bonds is 4. The Bertz CT molecular complexity index is 729. The number of anilines is 1. The summed E-state index contributed by atoms with van der Waals surface area (Å²) in [6.07, 6.45) is 7.16. The Balaban J connectivity index is 1.60. The molecule has 0 saturated carbocycles. The number of hydrogen-bond donors (Lipinski definition) is 1. The van der Waals surface area contributed by atoms with Crippen LogP contribution in [-0.2, 0) is 7.05 Å². The Morgan fingerprint density at radius 2 is 2.17 bits per heavy atom. The third-order valence-corrected chi connectivity index (χ3v) is 5.19. The molecule has 1 fully saturated rings. The van der Waals surface area contributed by atoms with Crippen molar-refractivity contribution in [1.82, 2.24) is 25.1 Å². The molecule has 1 saturated heterocycles. The normalized spacial score (nSPS) is 15.5. The number of hydrogen-bond acceptors (Lipinski definition) is 6. The molecule has 0 spiro atoms. The van der Waals surface area contributed by atoms with Crippen LogP contribution in [0.4, 0.5) is 5.82 Å². The van der Waals surface area contributed by atoms with E-state index in [2.05, 4.69) is 41.2 Å². The van der Waals surface area contributed by atoms with E-state index in [9.17, 15) is 4.79 Å². The second kappa shape index (κ2) is 7.52. The standard InChI is InChI=1S/C15H19BrN6OS/c1-21-12(3-6-18-21)14(23)19-10-4-7-22(8-5-10)13-11(16)9-17-15(20-13)24-2/h3,6,9-10H,4-5,7-8H2,1-2H3,(H,19,23). The van der Waals surface area contributed by atoms with E-state index in [1.54, 1.807) is 30.2 Å². The van der Waals surface area contributed by atoms with Crippen LogP contribution in [0.15, 0.2) is 28.1 Å². The minimum absolute atomic E-state index is 0.0682. The highest BCUT2D eigenvalue weighted by molar-refractivity contribution is 9.10. The van der Waals surface area contributed by atoms with Gasteiger partial charge >= 0.3 is 0 Å². The van der Waals surface area contributed by atoms with Crippen LogP contribution in [-0.4, -0.2) is 51.0 Å². The number of halogens is 1. The van der Waals surface area contributed by atoms with Crippen molar-refractivity contribution in [3.8, 4) is 0 Å². The summed E-state index contributed by atoms with van der Waals surface area (Å²) in [7, 11) is 1.77. The van der Waals surface area contributed by atoms with Crippen molar-refractivity contribution >= 4 is 39.4 Å². The van der Waals surface area contributed by atoms with Gasteiger partial charge in [-0.3, -0.25) is 9.48 Å². The highest BCUT2D eigenvalue weighted by Gasteiger charge is 2.24. The minimum Gasteiger partial charge on any atom is -0.355 e. The first-order valence-corrected chi connectivity index (χ1v) is 9.70. The van der Waals surface area contributed by atoms with Gasteiger partial charge in [0.05, 0.1) is 4.47 Å². The van der Waals surface area contributed by atoms with Gasteiger partial charge in [0.15, 0.2) is 5.16 Å². The van der Waals surface area contributed by atoms with Gasteiger partial charge in [-0.05, 0) is 41.1 Å². The Kier molecular flexibility index (Phi) is 5.40. The molecule has 2 aromatic heterocycles. The molecule has 1 aliphatic rings. The molecule has 1 N–H and O–H groups in total. The number of aryl methyl sites for hydroxylation is 1. The van der Waals surface area contributed by atoms with Crippen LogP contribution < -0.4 is 10.2 Å². The van der Waals surface area contributed by atoms with Gasteiger partial charge in [-0.15, -0.1) is 0 Å². The Morgan fingerprint density at radius 1 is 1.42 bits per heavy atom. The van der Waals surface area contributed by atoms with Crippen molar-refractivity contribution in [2.45, 2.75) is 24.0 Å². The number of amides is 1. The van der Waals surface area contributed by atoms with Gasteiger partial charge < -0.3 is 10.2 Å². The van der Waals surface area contributed by atoms with Gasteiger partial charge in [-0.25, -0.2) is 9.97 Å². The summed E-state index contributed by atoms with van der Waals surface area (Å²) in [5.41, 5.74) is 0.584. The first-order valence-electron chi connectivity index (χ1n) is 7.69. The molecule has 7 nitrogen and oxygen atoms in total. The van der Waals surface area contributed by atoms with Crippen molar-refractivity contribution in [1.29, 1.82) is 0 Å². The van der Waals surface area contributed by atoms with Gasteiger partial charge in [0.1, 0.15) is 11.5 Å². The lowest BCUT2D eigenvalue weighted by atomic mass is 10.0. The summed E-state index contributed by atoms with van der Waals surface area (Å²) in [5.74, 6) is 0.854. The fourth-order valence-electron chi connectivity index (χ4n) is 2.75. The molecule has 1 aliphatic heterocycles. The molecule has 0 bridgehead atoms. The Labute approximate surface area is 153 Å². The lowest BCUT2D eigenvalue weighted by Crippen LogP contribution is -2.45. The maximum absolute atomic E-state index is 12.3. The quantitative estimate of drug-likeness (QED) is 0.614. The molecular weight excluding hydrogens is 392 g/mol. The fourth-order valence-corrected chi connectivity index (χ4v) is 3.53. The SMILES string of the molecule is CSc1ncc(Br)c(N2CCC(NC(=O)c3ccnn3C)CC2)n1. The summed E-state index contributed by atoms with van der Waals surface area (Å²) in [6.45, 7) is 1.69. The van der Waals surface area contributed by atoms with E-state index in [4.69, 9.17) is 0 Å². The van der Waals surface area contributed by atoms with Gasteiger partial charge in [0.25, 0.3) is 5.91 Å². The lowest BCUT2D eigenvalue weighted by Gasteiger charge is -2.33.